The molecule has 0 aromatic heterocycles. The summed E-state index contributed by atoms with van der Waals surface area (Å²) in [6, 6.07) is 0. The number of hydrogen-bond acceptors (Lipinski definition) is 14. The summed E-state index contributed by atoms with van der Waals surface area (Å²) in [5.74, 6) is -1.61. The minimum Gasteiger partial charge on any atom is -0.463 e. The number of hydrogen-bond donors (Lipinski definition) is 4. The summed E-state index contributed by atoms with van der Waals surface area (Å²) in [6.45, 7) is 2.40. The molecule has 0 heterocycles. The van der Waals surface area contributed by atoms with E-state index < -0.39 is 91.5 Å². The SMILES string of the molecule is CC/C=C\C/C=C\C/C=C\C/C=C\C/C=C\C/C=C\CCCCCCCCCCCCCCCCC(=O)OCC(O)COP(=O)(O)OCC(O)COP(=O)(O)OCC(COC(=O)CCCCCCC/C=C\C/C=C\C/C=C\C/C=C\CCCCC)OC(=O)CCCCCCCC/C=C\C/C=C\C/C=C\C/C=C\CC. The van der Waals surface area contributed by atoms with Crippen LogP contribution in [0.25, 0.3) is 0 Å². The maximum atomic E-state index is 13.0. The number of esters is 3. The third kappa shape index (κ3) is 83.7. The molecule has 5 unspecified atom stereocenters. The van der Waals surface area contributed by atoms with Crippen LogP contribution in [0.3, 0.4) is 0 Å². The van der Waals surface area contributed by atoms with E-state index in [-0.39, 0.29) is 19.3 Å². The molecule has 0 bridgehead atoms. The molecule has 18 heteroatoms. The molecule has 0 saturated carbocycles. The van der Waals surface area contributed by atoms with E-state index in [0.29, 0.717) is 19.3 Å². The number of ether oxygens (including phenoxy) is 3. The van der Waals surface area contributed by atoms with Gasteiger partial charge in [0.15, 0.2) is 6.10 Å². The average molecular weight is 1560 g/mol. The van der Waals surface area contributed by atoms with E-state index >= 15 is 0 Å². The second-order valence-electron chi connectivity index (χ2n) is 27.9. The number of allylic oxidation sites excluding steroid dienone is 28. The van der Waals surface area contributed by atoms with Crippen molar-refractivity contribution < 1.29 is 75.8 Å². The van der Waals surface area contributed by atoms with Gasteiger partial charge in [0.25, 0.3) is 0 Å². The highest BCUT2D eigenvalue weighted by molar-refractivity contribution is 7.47. The lowest BCUT2D eigenvalue weighted by Crippen LogP contribution is -2.30. The summed E-state index contributed by atoms with van der Waals surface area (Å²) in [5, 5.41) is 20.7. The zero-order chi connectivity index (χ0) is 79.4. The quantitative estimate of drug-likeness (QED) is 0.0146. The number of carbonyl (C=O) groups excluding carboxylic acids is 3. The van der Waals surface area contributed by atoms with Gasteiger partial charge in [-0.2, -0.15) is 0 Å². The van der Waals surface area contributed by atoms with E-state index in [1.807, 2.05) is 0 Å². The molecule has 4 N–H and O–H groups in total. The molecule has 622 valence electrons. The molecule has 0 aliphatic heterocycles. The summed E-state index contributed by atoms with van der Waals surface area (Å²) < 4.78 is 61.3. The van der Waals surface area contributed by atoms with Crippen LogP contribution in [-0.4, -0.2) is 95.9 Å². The zero-order valence-corrected chi connectivity index (χ0v) is 70.0. The number of rotatable bonds is 79. The maximum absolute atomic E-state index is 13.0. The van der Waals surface area contributed by atoms with Gasteiger partial charge in [0.05, 0.1) is 26.4 Å². The molecule has 0 radical (unpaired) electrons. The lowest BCUT2D eigenvalue weighted by atomic mass is 10.0. The minimum absolute atomic E-state index is 0.0791. The van der Waals surface area contributed by atoms with Gasteiger partial charge in [0.1, 0.15) is 25.4 Å². The number of aliphatic hydroxyl groups excluding tert-OH is 2. The Morgan fingerprint density at radius 1 is 0.266 bits per heavy atom. The van der Waals surface area contributed by atoms with Gasteiger partial charge in [0.2, 0.25) is 0 Å². The second kappa shape index (κ2) is 82.4. The fraction of sp³-hybridized carbons (Fsp3) is 0.659. The first-order valence-electron chi connectivity index (χ1n) is 42.4. The van der Waals surface area contributed by atoms with Crippen LogP contribution in [0.4, 0.5) is 0 Å². The van der Waals surface area contributed by atoms with Crippen LogP contribution in [0.1, 0.15) is 329 Å². The van der Waals surface area contributed by atoms with E-state index in [1.165, 1.54) is 89.9 Å². The summed E-state index contributed by atoms with van der Waals surface area (Å²) >= 11 is 0. The van der Waals surface area contributed by atoms with E-state index in [4.69, 9.17) is 32.3 Å². The number of unbranched alkanes of at least 4 members (excludes halogenated alkanes) is 28. The lowest BCUT2D eigenvalue weighted by Gasteiger charge is -2.21. The fourth-order valence-electron chi connectivity index (χ4n) is 11.0. The van der Waals surface area contributed by atoms with Crippen LogP contribution in [-0.2, 0) is 55.8 Å². The van der Waals surface area contributed by atoms with Crippen molar-refractivity contribution >= 4 is 33.6 Å². The van der Waals surface area contributed by atoms with Gasteiger partial charge in [-0.15, -0.1) is 0 Å². The predicted octanol–water partition coefficient (Wildman–Crippen LogP) is 25.5. The molecule has 109 heavy (non-hydrogen) atoms. The van der Waals surface area contributed by atoms with Gasteiger partial charge in [-0.1, -0.05) is 326 Å². The highest BCUT2D eigenvalue weighted by Crippen LogP contribution is 2.45. The summed E-state index contributed by atoms with van der Waals surface area (Å²) in [4.78, 5) is 58.8. The van der Waals surface area contributed by atoms with Gasteiger partial charge >= 0.3 is 33.6 Å². The Morgan fingerprint density at radius 2 is 0.486 bits per heavy atom. The summed E-state index contributed by atoms with van der Waals surface area (Å²) in [7, 11) is -9.82. The van der Waals surface area contributed by atoms with Gasteiger partial charge in [-0.3, -0.25) is 32.5 Å². The fourth-order valence-corrected chi connectivity index (χ4v) is 12.6. The molecule has 0 aliphatic carbocycles. The summed E-state index contributed by atoms with van der Waals surface area (Å²) in [5.41, 5.74) is 0. The highest BCUT2D eigenvalue weighted by Gasteiger charge is 2.29. The normalized spacial score (nSPS) is 14.7. The van der Waals surface area contributed by atoms with Gasteiger partial charge < -0.3 is 34.2 Å². The van der Waals surface area contributed by atoms with Crippen LogP contribution in [0, 0.1) is 0 Å². The average Bonchev–Trinajstić information content (AvgIpc) is 0.896. The standard InChI is InChI=1S/C91H152O16P2/c1-4-7-10-13-16-19-22-25-28-31-34-36-37-38-39-40-41-42-43-44-45-46-47-49-52-53-56-59-62-65-68-71-74-77-89(94)101-80-86(92)81-103-108(97,98)104-82-87(93)83-105-109(99,100)106-85-88(107-91(96)79-76-73-70-67-64-61-58-55-50-33-30-27-24-21-18-15-12-9-6-3)84-102-90(95)78-75-72-69-66-63-60-57-54-51-48-35-32-29-26-23-20-17-14-11-8-5-2/h7,9-10,12,16-21,25-30,34-36,38-39,41-42,48,50,54-55,57,86-88,92-93H,4-6,8,11,13-15,22-24,31-33,37,40,43-47,49,51-53,56,58-85H2,1-3H3,(H,97,98)(H,99,100)/b10-7-,12-9-,19-16-,20-17-,21-18-,28-25-,29-26-,30-27-,36-34-,39-38-,42-41-,48-35-,55-50-,57-54-. The van der Waals surface area contributed by atoms with Crippen LogP contribution >= 0.6 is 15.6 Å². The Hall–Kier alpha value is -5.09. The predicted molar refractivity (Wildman–Crippen MR) is 454 cm³/mol. The van der Waals surface area contributed by atoms with Gasteiger partial charge in [-0.25, -0.2) is 9.13 Å². The van der Waals surface area contributed by atoms with Crippen LogP contribution in [0.5, 0.6) is 0 Å². The Bertz CT molecular complexity index is 2660. The third-order valence-electron chi connectivity index (χ3n) is 17.4. The number of phosphoric acid groups is 2. The molecule has 16 nitrogen and oxygen atoms in total. The van der Waals surface area contributed by atoms with Crippen molar-refractivity contribution in [1.82, 2.24) is 0 Å². The molecule has 0 amide bonds. The molecule has 0 aliphatic rings. The topological polar surface area (TPSA) is 231 Å². The zero-order valence-electron chi connectivity index (χ0n) is 68.2. The molecule has 0 aromatic rings. The Balaban J connectivity index is 4.56. The van der Waals surface area contributed by atoms with Crippen molar-refractivity contribution in [2.24, 2.45) is 0 Å². The van der Waals surface area contributed by atoms with Gasteiger partial charge in [-0.05, 0) is 154 Å². The van der Waals surface area contributed by atoms with Crippen LogP contribution in [0.15, 0.2) is 170 Å². The van der Waals surface area contributed by atoms with Gasteiger partial charge in [0, 0.05) is 19.3 Å². The number of aliphatic hydroxyl groups is 2. The van der Waals surface area contributed by atoms with E-state index in [1.54, 1.807) is 0 Å². The van der Waals surface area contributed by atoms with Crippen molar-refractivity contribution in [3.63, 3.8) is 0 Å². The van der Waals surface area contributed by atoms with Crippen molar-refractivity contribution in [3.05, 3.63) is 170 Å². The first-order valence-corrected chi connectivity index (χ1v) is 45.4. The first kappa shape index (κ1) is 104. The van der Waals surface area contributed by atoms with E-state index in [0.717, 1.165) is 180 Å². The molecular formula is C91H152O16P2. The molecular weight excluding hydrogens is 1410 g/mol. The van der Waals surface area contributed by atoms with Crippen LogP contribution < -0.4 is 0 Å². The number of phosphoric ester groups is 2. The monoisotopic (exact) mass is 1560 g/mol. The maximum Gasteiger partial charge on any atom is 0.472 e. The van der Waals surface area contributed by atoms with Crippen molar-refractivity contribution in [1.29, 1.82) is 0 Å². The molecule has 5 atom stereocenters. The first-order chi connectivity index (χ1) is 53.2. The largest absolute Gasteiger partial charge is 0.472 e. The summed E-state index contributed by atoms with van der Waals surface area (Å²) in [6.07, 6.45) is 105. The molecule has 0 spiro atoms. The smallest absolute Gasteiger partial charge is 0.463 e. The van der Waals surface area contributed by atoms with Crippen molar-refractivity contribution in [2.75, 3.05) is 39.6 Å². The molecule has 0 rings (SSSR count). The highest BCUT2D eigenvalue weighted by atomic mass is 31.2. The number of carbonyl (C=O) groups is 3. The Morgan fingerprint density at radius 3 is 0.771 bits per heavy atom. The third-order valence-corrected chi connectivity index (χ3v) is 19.3. The van der Waals surface area contributed by atoms with Crippen LogP contribution in [0.2, 0.25) is 0 Å². The Kier molecular flexibility index (Phi) is 78.5. The molecule has 0 fully saturated rings. The molecule has 0 aromatic carbocycles. The minimum atomic E-state index is -4.95. The van der Waals surface area contributed by atoms with Crippen molar-refractivity contribution in [2.45, 2.75) is 347 Å². The Labute approximate surface area is 662 Å². The lowest BCUT2D eigenvalue weighted by molar-refractivity contribution is -0.161. The van der Waals surface area contributed by atoms with E-state index in [2.05, 4.69) is 191 Å². The second-order valence-corrected chi connectivity index (χ2v) is 30.8. The molecule has 0 saturated heterocycles. The van der Waals surface area contributed by atoms with E-state index in [9.17, 15) is 43.5 Å². The van der Waals surface area contributed by atoms with Crippen molar-refractivity contribution in [3.8, 4) is 0 Å².